The maximum atomic E-state index is 14.4. The lowest BCUT2D eigenvalue weighted by Crippen LogP contribution is -2.44. The Morgan fingerprint density at radius 1 is 0.603 bits per heavy atom. The standard InChI is InChI=1S/C46H39F4N9O4/c1-59(2,15-3-13-55-25-37-39(43(55)60)41(29-9-5-27(23-51)6-10-29)53-45(62)57(37)35-19-31(47)17-32(48)20-35)16-4-14-56-26-38-40(44(56)61)42(30-11-7-28(24-52)8-12-30)54-46(63)58(38)36-21-33(49)18-34(50)22-36/h5-12,17-22,25-26,41-42H,3-4,13-16H2,1-2H3,(H3-,53,54,60,61,62,63)/p+1/t41-,42-/m1/s1. The number of aromatic hydroxyl groups is 2. The Balaban J connectivity index is 1.00. The number of fused-ring (bicyclic) bond motifs is 2. The average Bonchev–Trinajstić information content (AvgIpc) is 3.74. The van der Waals surface area contributed by atoms with Crippen LogP contribution in [0.1, 0.15) is 58.3 Å². The van der Waals surface area contributed by atoms with E-state index in [0.29, 0.717) is 89.0 Å². The average molecular weight is 859 g/mol. The van der Waals surface area contributed by atoms with Crippen molar-refractivity contribution in [2.45, 2.75) is 38.0 Å². The SMILES string of the molecule is C[N+](C)(CCCn1cc2c(c1O)[C@@H](c1ccc(C#N)cc1)NC(=O)N2c1cc(F)cc(F)c1)CCCn1cc2c(c1O)[C@@H](c1ccc(C#N)cc1)NC(=O)N2c1cc(F)cc(F)c1. The summed E-state index contributed by atoms with van der Waals surface area (Å²) in [7, 11) is 4.04. The minimum atomic E-state index is -0.884. The molecule has 17 heteroatoms. The number of aromatic nitrogens is 2. The molecule has 2 aliphatic rings. The van der Waals surface area contributed by atoms with Crippen molar-refractivity contribution < 1.29 is 41.8 Å². The third-order valence-electron chi connectivity index (χ3n) is 11.4. The lowest BCUT2D eigenvalue weighted by atomic mass is 9.96. The second kappa shape index (κ2) is 16.6. The minimum absolute atomic E-state index is 0.0720. The van der Waals surface area contributed by atoms with Gasteiger partial charge in [0.15, 0.2) is 11.8 Å². The monoisotopic (exact) mass is 858 g/mol. The van der Waals surface area contributed by atoms with Crippen LogP contribution in [0.2, 0.25) is 0 Å². The van der Waals surface area contributed by atoms with Gasteiger partial charge in [-0.15, -0.1) is 0 Å². The van der Waals surface area contributed by atoms with Crippen LogP contribution in [0.3, 0.4) is 0 Å². The van der Waals surface area contributed by atoms with Crippen molar-refractivity contribution in [3.8, 4) is 23.9 Å². The Hall–Kier alpha value is -7.76. The Morgan fingerprint density at radius 3 is 1.29 bits per heavy atom. The van der Waals surface area contributed by atoms with Crippen molar-refractivity contribution in [1.82, 2.24) is 19.8 Å². The van der Waals surface area contributed by atoms with Crippen molar-refractivity contribution in [3.63, 3.8) is 0 Å². The predicted octanol–water partition coefficient (Wildman–Crippen LogP) is 8.46. The molecule has 320 valence electrons. The molecular weight excluding hydrogens is 819 g/mol. The molecule has 63 heavy (non-hydrogen) atoms. The molecule has 4 aromatic carbocycles. The van der Waals surface area contributed by atoms with Crippen molar-refractivity contribution in [2.75, 3.05) is 37.0 Å². The Bertz CT molecular complexity index is 2610. The van der Waals surface area contributed by atoms with Gasteiger partial charge in [0.1, 0.15) is 23.3 Å². The fraction of sp³-hybridized carbons (Fsp3) is 0.217. The lowest BCUT2D eigenvalue weighted by Gasteiger charge is -2.33. The number of urea groups is 2. The van der Waals surface area contributed by atoms with Crippen LogP contribution in [0.15, 0.2) is 97.3 Å². The van der Waals surface area contributed by atoms with E-state index in [9.17, 15) is 47.9 Å². The first-order valence-electron chi connectivity index (χ1n) is 19.9. The Morgan fingerprint density at radius 2 is 0.952 bits per heavy atom. The molecule has 2 aromatic heterocycles. The lowest BCUT2D eigenvalue weighted by molar-refractivity contribution is -0.890. The Labute approximate surface area is 359 Å². The largest absolute Gasteiger partial charge is 0.494 e. The van der Waals surface area contributed by atoms with Crippen LogP contribution >= 0.6 is 0 Å². The molecule has 13 nitrogen and oxygen atoms in total. The van der Waals surface area contributed by atoms with Gasteiger partial charge in [0, 0.05) is 50.5 Å². The van der Waals surface area contributed by atoms with E-state index < -0.39 is 47.4 Å². The van der Waals surface area contributed by atoms with Gasteiger partial charge in [0.05, 0.1) is 96.4 Å². The van der Waals surface area contributed by atoms with Gasteiger partial charge in [0.2, 0.25) is 0 Å². The summed E-state index contributed by atoms with van der Waals surface area (Å²) in [6.45, 7) is 1.84. The molecule has 2 atom stereocenters. The second-order valence-electron chi connectivity index (χ2n) is 16.1. The number of nitrogens with zero attached hydrogens (tertiary/aromatic N) is 7. The van der Waals surface area contributed by atoms with Crippen molar-refractivity contribution in [1.29, 1.82) is 10.5 Å². The first kappa shape index (κ1) is 42.0. The first-order valence-corrected chi connectivity index (χ1v) is 19.9. The van der Waals surface area contributed by atoms with Gasteiger partial charge in [-0.1, -0.05) is 24.3 Å². The van der Waals surface area contributed by atoms with E-state index in [-0.39, 0.29) is 34.5 Å². The summed E-state index contributed by atoms with van der Waals surface area (Å²) in [5.74, 6) is -3.84. The van der Waals surface area contributed by atoms with Crippen LogP contribution in [0.4, 0.5) is 49.9 Å². The summed E-state index contributed by atoms with van der Waals surface area (Å²) < 4.78 is 61.3. The fourth-order valence-corrected chi connectivity index (χ4v) is 8.39. The highest BCUT2D eigenvalue weighted by Crippen LogP contribution is 2.47. The quantitative estimate of drug-likeness (QED) is 0.0713. The maximum absolute atomic E-state index is 14.4. The number of carbonyl (C=O) groups is 2. The zero-order valence-corrected chi connectivity index (χ0v) is 34.0. The number of aryl methyl sites for hydroxylation is 2. The number of anilines is 4. The van der Waals surface area contributed by atoms with E-state index in [2.05, 4.69) is 22.8 Å². The van der Waals surface area contributed by atoms with Gasteiger partial charge in [-0.3, -0.25) is 9.80 Å². The van der Waals surface area contributed by atoms with Crippen molar-refractivity contribution in [3.05, 3.63) is 154 Å². The number of halogens is 4. The van der Waals surface area contributed by atoms with Crippen LogP contribution < -0.4 is 20.4 Å². The van der Waals surface area contributed by atoms with Gasteiger partial charge < -0.3 is 34.5 Å². The normalized spacial score (nSPS) is 15.9. The number of benzene rings is 4. The fourth-order valence-electron chi connectivity index (χ4n) is 8.39. The molecule has 0 unspecified atom stereocenters. The van der Waals surface area contributed by atoms with Gasteiger partial charge >= 0.3 is 12.1 Å². The van der Waals surface area contributed by atoms with Crippen molar-refractivity contribution in [2.24, 2.45) is 0 Å². The third-order valence-corrected chi connectivity index (χ3v) is 11.4. The van der Waals surface area contributed by atoms with Crippen molar-refractivity contribution >= 4 is 34.8 Å². The highest BCUT2D eigenvalue weighted by Gasteiger charge is 2.39. The number of carbonyl (C=O) groups excluding carboxylic acids is 2. The predicted molar refractivity (Wildman–Crippen MR) is 223 cm³/mol. The molecule has 4 amide bonds. The number of hydrogen-bond acceptors (Lipinski definition) is 6. The number of amides is 4. The number of hydrogen-bond donors (Lipinski definition) is 4. The second-order valence-corrected chi connectivity index (χ2v) is 16.1. The van der Waals surface area contributed by atoms with E-state index >= 15 is 0 Å². The number of rotatable bonds is 12. The number of nitriles is 2. The van der Waals surface area contributed by atoms with Crippen LogP contribution in [-0.4, -0.2) is 63.1 Å². The molecule has 2 aliphatic heterocycles. The molecule has 0 spiro atoms. The molecular formula is C46H40F4N9O4+. The molecule has 0 saturated carbocycles. The summed E-state index contributed by atoms with van der Waals surface area (Å²) in [4.78, 5) is 29.4. The van der Waals surface area contributed by atoms with E-state index in [1.807, 2.05) is 14.1 Å². The molecule has 0 aliphatic carbocycles. The van der Waals surface area contributed by atoms with Crippen LogP contribution in [-0.2, 0) is 13.1 Å². The zero-order chi connectivity index (χ0) is 44.7. The summed E-state index contributed by atoms with van der Waals surface area (Å²) in [6, 6.07) is 19.6. The summed E-state index contributed by atoms with van der Waals surface area (Å²) >= 11 is 0. The maximum Gasteiger partial charge on any atom is 0.327 e. The van der Waals surface area contributed by atoms with Crippen LogP contribution in [0.5, 0.6) is 11.8 Å². The molecule has 0 saturated heterocycles. The number of quaternary nitrogens is 1. The van der Waals surface area contributed by atoms with Gasteiger partial charge in [0.25, 0.3) is 0 Å². The van der Waals surface area contributed by atoms with Crippen LogP contribution in [0.25, 0.3) is 0 Å². The molecule has 4 N–H and O–H groups in total. The van der Waals surface area contributed by atoms with E-state index in [0.717, 1.165) is 34.1 Å². The first-order chi connectivity index (χ1) is 30.1. The minimum Gasteiger partial charge on any atom is -0.494 e. The van der Waals surface area contributed by atoms with E-state index in [4.69, 9.17) is 0 Å². The van der Waals surface area contributed by atoms with E-state index in [1.54, 1.807) is 70.1 Å². The summed E-state index contributed by atoms with van der Waals surface area (Å²) in [5.41, 5.74) is 2.91. The summed E-state index contributed by atoms with van der Waals surface area (Å²) in [5, 5.41) is 47.7. The van der Waals surface area contributed by atoms with Crippen LogP contribution in [0, 0.1) is 45.9 Å². The van der Waals surface area contributed by atoms with Gasteiger partial charge in [-0.2, -0.15) is 10.5 Å². The van der Waals surface area contributed by atoms with Gasteiger partial charge in [-0.25, -0.2) is 27.2 Å². The molecule has 0 bridgehead atoms. The molecule has 6 aromatic rings. The molecule has 4 heterocycles. The molecule has 0 fully saturated rings. The molecule has 8 rings (SSSR count). The summed E-state index contributed by atoms with van der Waals surface area (Å²) in [6.07, 6.45) is 4.25. The zero-order valence-electron chi connectivity index (χ0n) is 34.0. The third kappa shape index (κ3) is 8.21. The smallest absolute Gasteiger partial charge is 0.327 e. The Kier molecular flexibility index (Phi) is 11.1. The van der Waals surface area contributed by atoms with E-state index in [1.165, 1.54) is 0 Å². The highest BCUT2D eigenvalue weighted by molar-refractivity contribution is 6.04. The highest BCUT2D eigenvalue weighted by atomic mass is 19.1. The topological polar surface area (TPSA) is 163 Å². The van der Waals surface area contributed by atoms with Gasteiger partial charge in [-0.05, 0) is 59.7 Å². The molecule has 0 radical (unpaired) electrons. The number of nitrogens with one attached hydrogen (secondary N) is 2.